The summed E-state index contributed by atoms with van der Waals surface area (Å²) in [4.78, 5) is 12.4. The number of methoxy groups -OCH3 is 2. The summed E-state index contributed by atoms with van der Waals surface area (Å²) in [6, 6.07) is 10.7. The third-order valence-electron chi connectivity index (χ3n) is 3.53. The van der Waals surface area contributed by atoms with Gasteiger partial charge in [-0.25, -0.2) is 0 Å². The third kappa shape index (κ3) is 3.46. The van der Waals surface area contributed by atoms with E-state index in [1.807, 2.05) is 13.0 Å². The van der Waals surface area contributed by atoms with Crippen LogP contribution in [0.25, 0.3) is 0 Å². The van der Waals surface area contributed by atoms with Crippen LogP contribution < -0.4 is 14.9 Å². The molecule has 0 amide bonds. The van der Waals surface area contributed by atoms with Crippen LogP contribution >= 0.6 is 0 Å². The fraction of sp³-hybridized carbons (Fsp3) is 0.235. The fourth-order valence-corrected chi connectivity index (χ4v) is 2.12. The van der Waals surface area contributed by atoms with Crippen molar-refractivity contribution in [3.05, 3.63) is 53.1 Å². The summed E-state index contributed by atoms with van der Waals surface area (Å²) in [7, 11) is 9.12. The molecule has 21 heavy (non-hydrogen) atoms. The van der Waals surface area contributed by atoms with Gasteiger partial charge in [0.15, 0.2) is 5.78 Å². The summed E-state index contributed by atoms with van der Waals surface area (Å²) in [6.07, 6.45) is 0.291. The van der Waals surface area contributed by atoms with Crippen LogP contribution in [0.3, 0.4) is 0 Å². The lowest BCUT2D eigenvalue weighted by atomic mass is 9.86. The Bertz CT molecular complexity index is 648. The molecule has 2 rings (SSSR count). The minimum atomic E-state index is 0.0356. The van der Waals surface area contributed by atoms with E-state index < -0.39 is 0 Å². The van der Waals surface area contributed by atoms with Gasteiger partial charge in [-0.05, 0) is 48.9 Å². The van der Waals surface area contributed by atoms with Gasteiger partial charge in [0.05, 0.1) is 14.2 Å². The highest BCUT2D eigenvalue weighted by atomic mass is 16.5. The molecule has 0 saturated carbocycles. The van der Waals surface area contributed by atoms with Crippen molar-refractivity contribution in [3.8, 4) is 11.5 Å². The number of Topliss-reactive ketones (excluding diaryl/α,β-unsaturated/α-hetero) is 1. The number of rotatable bonds is 5. The molecule has 0 aliphatic rings. The first-order valence-corrected chi connectivity index (χ1v) is 6.65. The first kappa shape index (κ1) is 15.2. The monoisotopic (exact) mass is 280 g/mol. The summed E-state index contributed by atoms with van der Waals surface area (Å²) in [6.45, 7) is 1.91. The van der Waals surface area contributed by atoms with Gasteiger partial charge >= 0.3 is 0 Å². The molecule has 0 N–H and O–H groups in total. The predicted octanol–water partition coefficient (Wildman–Crippen LogP) is 2.23. The molecule has 0 atom stereocenters. The maximum atomic E-state index is 12.4. The van der Waals surface area contributed by atoms with Gasteiger partial charge in [-0.1, -0.05) is 11.0 Å². The first-order chi connectivity index (χ1) is 10.0. The van der Waals surface area contributed by atoms with E-state index in [9.17, 15) is 4.79 Å². The van der Waals surface area contributed by atoms with Crippen molar-refractivity contribution in [1.29, 1.82) is 0 Å². The molecule has 0 unspecified atom stereocenters. The highest BCUT2D eigenvalue weighted by Gasteiger charge is 2.11. The van der Waals surface area contributed by atoms with E-state index in [-0.39, 0.29) is 5.78 Å². The predicted molar refractivity (Wildman–Crippen MR) is 84.1 cm³/mol. The highest BCUT2D eigenvalue weighted by molar-refractivity contribution is 6.33. The van der Waals surface area contributed by atoms with E-state index in [1.54, 1.807) is 44.6 Å². The summed E-state index contributed by atoms with van der Waals surface area (Å²) >= 11 is 0. The van der Waals surface area contributed by atoms with E-state index in [4.69, 9.17) is 17.3 Å². The Balaban J connectivity index is 2.24. The molecule has 106 valence electrons. The molecule has 0 heterocycles. The number of carbonyl (C=O) groups is 1. The molecule has 0 aromatic heterocycles. The van der Waals surface area contributed by atoms with Crippen molar-refractivity contribution in [2.45, 2.75) is 13.3 Å². The van der Waals surface area contributed by atoms with Gasteiger partial charge in [0.25, 0.3) is 0 Å². The zero-order valence-electron chi connectivity index (χ0n) is 12.5. The molecule has 2 aromatic rings. The van der Waals surface area contributed by atoms with E-state index in [0.717, 1.165) is 16.9 Å². The van der Waals surface area contributed by atoms with Gasteiger partial charge in [0, 0.05) is 12.0 Å². The quantitative estimate of drug-likeness (QED) is 0.622. The van der Waals surface area contributed by atoms with Crippen molar-refractivity contribution in [3.63, 3.8) is 0 Å². The average Bonchev–Trinajstić information content (AvgIpc) is 2.51. The van der Waals surface area contributed by atoms with Crippen LogP contribution in [0.4, 0.5) is 0 Å². The number of hydrogen-bond donors (Lipinski definition) is 0. The largest absolute Gasteiger partial charge is 0.497 e. The second-order valence-corrected chi connectivity index (χ2v) is 4.83. The van der Waals surface area contributed by atoms with Crippen LogP contribution in [0.5, 0.6) is 11.5 Å². The number of ketones is 1. The Morgan fingerprint density at radius 3 is 2.24 bits per heavy atom. The number of hydrogen-bond acceptors (Lipinski definition) is 3. The van der Waals surface area contributed by atoms with Crippen LogP contribution in [-0.4, -0.2) is 27.8 Å². The summed E-state index contributed by atoms with van der Waals surface area (Å²) in [5.41, 5.74) is 3.08. The van der Waals surface area contributed by atoms with Gasteiger partial charge < -0.3 is 9.47 Å². The zero-order chi connectivity index (χ0) is 15.4. The van der Waals surface area contributed by atoms with Gasteiger partial charge in [-0.15, -0.1) is 0 Å². The highest BCUT2D eigenvalue weighted by Crippen LogP contribution is 2.18. The molecular formula is C17H17BO3. The summed E-state index contributed by atoms with van der Waals surface area (Å²) in [5.74, 6) is 1.43. The zero-order valence-corrected chi connectivity index (χ0v) is 12.5. The molecular weight excluding hydrogens is 263 g/mol. The van der Waals surface area contributed by atoms with Crippen molar-refractivity contribution in [2.24, 2.45) is 0 Å². The van der Waals surface area contributed by atoms with Gasteiger partial charge in [0.1, 0.15) is 19.3 Å². The SMILES string of the molecule is [B]c1cc(OC)cc(CC(=O)c2ccc(OC)cc2)c1C. The molecule has 0 saturated heterocycles. The molecule has 0 aliphatic heterocycles. The Kier molecular flexibility index (Phi) is 4.68. The van der Waals surface area contributed by atoms with Gasteiger partial charge in [0.2, 0.25) is 0 Å². The lowest BCUT2D eigenvalue weighted by Crippen LogP contribution is -2.14. The minimum Gasteiger partial charge on any atom is -0.497 e. The second kappa shape index (κ2) is 6.48. The lowest BCUT2D eigenvalue weighted by Gasteiger charge is -2.11. The normalized spacial score (nSPS) is 10.2. The standard InChI is InChI=1S/C17H17BO3/c1-11-13(8-15(21-3)10-16(11)18)9-17(19)12-4-6-14(20-2)7-5-12/h4-8,10H,9H2,1-3H3. The maximum Gasteiger partial charge on any atom is 0.167 e. The molecule has 2 aromatic carbocycles. The van der Waals surface area contributed by atoms with Gasteiger partial charge in [-0.3, -0.25) is 4.79 Å². The smallest absolute Gasteiger partial charge is 0.167 e. The van der Waals surface area contributed by atoms with E-state index in [2.05, 4.69) is 0 Å². The Morgan fingerprint density at radius 2 is 1.67 bits per heavy atom. The van der Waals surface area contributed by atoms with Crippen LogP contribution in [0.15, 0.2) is 36.4 Å². The summed E-state index contributed by atoms with van der Waals surface area (Å²) < 4.78 is 10.3. The molecule has 0 bridgehead atoms. The Hall–Kier alpha value is -2.23. The van der Waals surface area contributed by atoms with Crippen LogP contribution in [0, 0.1) is 6.92 Å². The van der Waals surface area contributed by atoms with Crippen molar-refractivity contribution in [2.75, 3.05) is 14.2 Å². The number of ether oxygens (including phenoxy) is 2. The number of carbonyl (C=O) groups excluding carboxylic acids is 1. The van der Waals surface area contributed by atoms with Crippen molar-refractivity contribution >= 4 is 19.1 Å². The molecule has 4 heteroatoms. The number of benzene rings is 2. The Morgan fingerprint density at radius 1 is 1.05 bits per heavy atom. The minimum absolute atomic E-state index is 0.0356. The van der Waals surface area contributed by atoms with Crippen LogP contribution in [-0.2, 0) is 6.42 Å². The topological polar surface area (TPSA) is 35.5 Å². The molecule has 0 aliphatic carbocycles. The van der Waals surface area contributed by atoms with E-state index in [0.29, 0.717) is 23.2 Å². The average molecular weight is 280 g/mol. The van der Waals surface area contributed by atoms with Crippen molar-refractivity contribution < 1.29 is 14.3 Å². The molecule has 2 radical (unpaired) electrons. The first-order valence-electron chi connectivity index (χ1n) is 6.65. The third-order valence-corrected chi connectivity index (χ3v) is 3.53. The van der Waals surface area contributed by atoms with Crippen molar-refractivity contribution in [1.82, 2.24) is 0 Å². The lowest BCUT2D eigenvalue weighted by molar-refractivity contribution is 0.0993. The molecule has 0 fully saturated rings. The Labute approximate surface area is 126 Å². The van der Waals surface area contributed by atoms with Gasteiger partial charge in [-0.2, -0.15) is 0 Å². The van der Waals surface area contributed by atoms with Crippen LogP contribution in [0.2, 0.25) is 0 Å². The summed E-state index contributed by atoms with van der Waals surface area (Å²) in [5, 5.41) is 0. The van der Waals surface area contributed by atoms with Crippen LogP contribution in [0.1, 0.15) is 21.5 Å². The van der Waals surface area contributed by atoms with E-state index >= 15 is 0 Å². The fourth-order valence-electron chi connectivity index (χ4n) is 2.12. The second-order valence-electron chi connectivity index (χ2n) is 4.83. The molecule has 3 nitrogen and oxygen atoms in total. The maximum absolute atomic E-state index is 12.4. The van der Waals surface area contributed by atoms with E-state index in [1.165, 1.54) is 0 Å². The molecule has 0 spiro atoms.